The van der Waals surface area contributed by atoms with Crippen molar-refractivity contribution in [2.24, 2.45) is 0 Å². The second kappa shape index (κ2) is 5.14. The van der Waals surface area contributed by atoms with Gasteiger partial charge in [-0.3, -0.25) is 4.57 Å². The molecule has 2 aromatic rings. The zero-order valence-corrected chi connectivity index (χ0v) is 12.2. The molecule has 1 aromatic heterocycles. The SMILES string of the molecule is COc1cc(F)c(-n2c(O)c3n(c2=S)CCCC3)cc1F. The number of benzene rings is 1. The lowest BCUT2D eigenvalue weighted by Gasteiger charge is -2.12. The maximum absolute atomic E-state index is 14.2. The topological polar surface area (TPSA) is 39.3 Å². The summed E-state index contributed by atoms with van der Waals surface area (Å²) in [6.07, 6.45) is 2.55. The Morgan fingerprint density at radius 3 is 2.67 bits per heavy atom. The monoisotopic (exact) mass is 312 g/mol. The van der Waals surface area contributed by atoms with Crippen LogP contribution >= 0.6 is 12.2 Å². The van der Waals surface area contributed by atoms with Crippen LogP contribution in [0.15, 0.2) is 12.1 Å². The van der Waals surface area contributed by atoms with E-state index in [1.807, 2.05) is 0 Å². The highest BCUT2D eigenvalue weighted by atomic mass is 32.1. The molecule has 0 aliphatic carbocycles. The highest BCUT2D eigenvalue weighted by Crippen LogP contribution is 2.32. The Morgan fingerprint density at radius 2 is 2.00 bits per heavy atom. The summed E-state index contributed by atoms with van der Waals surface area (Å²) in [5.41, 5.74) is 0.555. The molecule has 1 aromatic carbocycles. The zero-order chi connectivity index (χ0) is 15.1. The summed E-state index contributed by atoms with van der Waals surface area (Å²) >= 11 is 5.29. The van der Waals surface area contributed by atoms with Gasteiger partial charge in [-0.2, -0.15) is 0 Å². The second-order valence-corrected chi connectivity index (χ2v) is 5.30. The summed E-state index contributed by atoms with van der Waals surface area (Å²) in [7, 11) is 1.26. The summed E-state index contributed by atoms with van der Waals surface area (Å²) in [5, 5.41) is 10.3. The minimum absolute atomic E-state index is 0.113. The van der Waals surface area contributed by atoms with Crippen LogP contribution in [-0.4, -0.2) is 21.4 Å². The lowest BCUT2D eigenvalue weighted by molar-refractivity contribution is 0.381. The summed E-state index contributed by atoms with van der Waals surface area (Å²) in [6.45, 7) is 0.676. The van der Waals surface area contributed by atoms with Gasteiger partial charge in [0.1, 0.15) is 0 Å². The second-order valence-electron chi connectivity index (χ2n) is 4.94. The molecule has 0 atom stereocenters. The minimum atomic E-state index is -0.709. The number of fused-ring (bicyclic) bond motifs is 1. The van der Waals surface area contributed by atoms with Crippen LogP contribution in [0.25, 0.3) is 5.69 Å². The van der Waals surface area contributed by atoms with Gasteiger partial charge in [0, 0.05) is 18.7 Å². The van der Waals surface area contributed by atoms with Gasteiger partial charge < -0.3 is 14.4 Å². The van der Waals surface area contributed by atoms with Crippen molar-refractivity contribution in [1.82, 2.24) is 9.13 Å². The fourth-order valence-corrected chi connectivity index (χ4v) is 3.07. The Labute approximate surface area is 125 Å². The fourth-order valence-electron chi connectivity index (χ4n) is 2.68. The third-order valence-corrected chi connectivity index (χ3v) is 4.13. The Hall–Kier alpha value is -1.89. The van der Waals surface area contributed by atoms with Crippen molar-refractivity contribution in [3.05, 3.63) is 34.2 Å². The highest BCUT2D eigenvalue weighted by molar-refractivity contribution is 7.71. The quantitative estimate of drug-likeness (QED) is 0.865. The maximum atomic E-state index is 14.2. The molecule has 1 N–H and O–H groups in total. The molecule has 0 spiro atoms. The number of rotatable bonds is 2. The molecule has 0 radical (unpaired) electrons. The van der Waals surface area contributed by atoms with E-state index >= 15 is 0 Å². The molecule has 0 fully saturated rings. The Bertz CT molecular complexity index is 767. The van der Waals surface area contributed by atoms with Crippen LogP contribution in [0, 0.1) is 16.4 Å². The van der Waals surface area contributed by atoms with Crippen LogP contribution in [0.4, 0.5) is 8.78 Å². The molecular weight excluding hydrogens is 298 g/mol. The molecule has 2 heterocycles. The van der Waals surface area contributed by atoms with Crippen molar-refractivity contribution in [2.75, 3.05) is 7.11 Å². The van der Waals surface area contributed by atoms with Gasteiger partial charge >= 0.3 is 0 Å². The van der Waals surface area contributed by atoms with Crippen LogP contribution < -0.4 is 4.74 Å². The minimum Gasteiger partial charge on any atom is -0.494 e. The Kier molecular flexibility index (Phi) is 3.44. The Balaban J connectivity index is 2.24. The lowest BCUT2D eigenvalue weighted by atomic mass is 10.1. The van der Waals surface area contributed by atoms with Gasteiger partial charge in [0.05, 0.1) is 18.5 Å². The van der Waals surface area contributed by atoms with Crippen molar-refractivity contribution in [3.8, 4) is 17.3 Å². The number of halogens is 2. The lowest BCUT2D eigenvalue weighted by Crippen LogP contribution is -2.09. The number of hydrogen-bond donors (Lipinski definition) is 1. The number of hydrogen-bond acceptors (Lipinski definition) is 3. The normalized spacial score (nSPS) is 14.0. The van der Waals surface area contributed by atoms with Gasteiger partial charge in [-0.05, 0) is 31.5 Å². The van der Waals surface area contributed by atoms with Crippen molar-refractivity contribution in [2.45, 2.75) is 25.8 Å². The first-order valence-corrected chi connectivity index (χ1v) is 7.02. The van der Waals surface area contributed by atoms with Crippen LogP contribution in [0.3, 0.4) is 0 Å². The first kappa shape index (κ1) is 14.1. The number of nitrogens with zero attached hydrogens (tertiary/aromatic N) is 2. The smallest absolute Gasteiger partial charge is 0.218 e. The molecule has 112 valence electrons. The summed E-state index contributed by atoms with van der Waals surface area (Å²) in [5.74, 6) is -1.73. The van der Waals surface area contributed by atoms with E-state index in [1.165, 1.54) is 11.7 Å². The van der Waals surface area contributed by atoms with E-state index in [2.05, 4.69) is 0 Å². The van der Waals surface area contributed by atoms with E-state index in [1.54, 1.807) is 4.57 Å². The molecular formula is C14H14F2N2O2S. The number of aromatic hydroxyl groups is 1. The van der Waals surface area contributed by atoms with Gasteiger partial charge in [-0.1, -0.05) is 0 Å². The van der Waals surface area contributed by atoms with Gasteiger partial charge in [-0.25, -0.2) is 8.78 Å². The predicted octanol–water partition coefficient (Wildman–Crippen LogP) is 3.34. The molecule has 0 saturated carbocycles. The molecule has 4 nitrogen and oxygen atoms in total. The van der Waals surface area contributed by atoms with E-state index in [4.69, 9.17) is 17.0 Å². The molecule has 0 saturated heterocycles. The Morgan fingerprint density at radius 1 is 1.24 bits per heavy atom. The van der Waals surface area contributed by atoms with Gasteiger partial charge in [0.2, 0.25) is 5.88 Å². The molecule has 1 aliphatic rings. The molecule has 1 aliphatic heterocycles. The van der Waals surface area contributed by atoms with E-state index in [-0.39, 0.29) is 22.1 Å². The average Bonchev–Trinajstić information content (AvgIpc) is 2.74. The van der Waals surface area contributed by atoms with Crippen LogP contribution in [-0.2, 0) is 13.0 Å². The van der Waals surface area contributed by atoms with Gasteiger partial charge in [-0.15, -0.1) is 0 Å². The van der Waals surface area contributed by atoms with E-state index in [9.17, 15) is 13.9 Å². The molecule has 0 amide bonds. The fraction of sp³-hybridized carbons (Fsp3) is 0.357. The third-order valence-electron chi connectivity index (χ3n) is 3.73. The largest absolute Gasteiger partial charge is 0.494 e. The van der Waals surface area contributed by atoms with Crippen molar-refractivity contribution < 1.29 is 18.6 Å². The molecule has 7 heteroatoms. The van der Waals surface area contributed by atoms with E-state index in [0.717, 1.165) is 25.0 Å². The van der Waals surface area contributed by atoms with Gasteiger partial charge in [0.15, 0.2) is 22.2 Å². The summed E-state index contributed by atoms with van der Waals surface area (Å²) in [6, 6.07) is 1.93. The first-order valence-electron chi connectivity index (χ1n) is 6.61. The zero-order valence-electron chi connectivity index (χ0n) is 11.4. The van der Waals surface area contributed by atoms with Crippen LogP contribution in [0.5, 0.6) is 11.6 Å². The van der Waals surface area contributed by atoms with Gasteiger partial charge in [0.25, 0.3) is 0 Å². The summed E-state index contributed by atoms with van der Waals surface area (Å²) < 4.78 is 36.0. The number of ether oxygens (including phenoxy) is 1. The number of methoxy groups -OCH3 is 1. The van der Waals surface area contributed by atoms with Crippen molar-refractivity contribution in [1.29, 1.82) is 0 Å². The van der Waals surface area contributed by atoms with Crippen molar-refractivity contribution in [3.63, 3.8) is 0 Å². The third kappa shape index (κ3) is 2.12. The highest BCUT2D eigenvalue weighted by Gasteiger charge is 2.23. The number of aromatic nitrogens is 2. The molecule has 0 bridgehead atoms. The summed E-state index contributed by atoms with van der Waals surface area (Å²) in [4.78, 5) is 0. The molecule has 3 rings (SSSR count). The van der Waals surface area contributed by atoms with Crippen LogP contribution in [0.2, 0.25) is 0 Å². The number of imidazole rings is 1. The average molecular weight is 312 g/mol. The molecule has 0 unspecified atom stereocenters. The maximum Gasteiger partial charge on any atom is 0.218 e. The van der Waals surface area contributed by atoms with E-state index in [0.29, 0.717) is 18.7 Å². The first-order chi connectivity index (χ1) is 10.0. The van der Waals surface area contributed by atoms with Crippen molar-refractivity contribution >= 4 is 12.2 Å². The standard InChI is InChI=1S/C14H14F2N2O2S/c1-20-12-7-8(15)11(6-9(12)16)18-13(19)10-4-2-3-5-17(10)14(18)21/h6-7,19H,2-5H2,1H3. The van der Waals surface area contributed by atoms with Crippen LogP contribution in [0.1, 0.15) is 18.5 Å². The van der Waals surface area contributed by atoms with E-state index < -0.39 is 11.6 Å². The molecule has 21 heavy (non-hydrogen) atoms. The predicted molar refractivity (Wildman–Crippen MR) is 75.7 cm³/mol.